The summed E-state index contributed by atoms with van der Waals surface area (Å²) >= 11 is 0. The van der Waals surface area contributed by atoms with Crippen LogP contribution in [0, 0.1) is 0 Å². The molecule has 3 rings (SSSR count). The highest BCUT2D eigenvalue weighted by atomic mass is 16.5. The summed E-state index contributed by atoms with van der Waals surface area (Å²) in [6.07, 6.45) is 5.83. The molecule has 1 fully saturated rings. The lowest BCUT2D eigenvalue weighted by atomic mass is 10.0. The molecule has 106 valence electrons. The zero-order valence-corrected chi connectivity index (χ0v) is 11.5. The smallest absolute Gasteiger partial charge is 0.258 e. The van der Waals surface area contributed by atoms with Crippen LogP contribution in [0.15, 0.2) is 22.9 Å². The molecule has 2 aromatic rings. The summed E-state index contributed by atoms with van der Waals surface area (Å²) in [4.78, 5) is 8.67. The number of methoxy groups -OCH3 is 1. The zero-order valence-electron chi connectivity index (χ0n) is 11.5. The summed E-state index contributed by atoms with van der Waals surface area (Å²) in [5.74, 6) is 1.12. The predicted octanol–water partition coefficient (Wildman–Crippen LogP) is 2.01. The summed E-state index contributed by atoms with van der Waals surface area (Å²) in [7, 11) is 1.71. The van der Waals surface area contributed by atoms with Crippen molar-refractivity contribution in [3.63, 3.8) is 0 Å². The third-order valence-electron chi connectivity index (χ3n) is 3.91. The van der Waals surface area contributed by atoms with Crippen molar-refractivity contribution in [3.05, 3.63) is 29.8 Å². The molecule has 6 heteroatoms. The molecule has 0 bridgehead atoms. The molecule has 0 saturated heterocycles. The summed E-state index contributed by atoms with van der Waals surface area (Å²) in [6.45, 7) is 0.386. The van der Waals surface area contributed by atoms with Gasteiger partial charge in [0.25, 0.3) is 5.89 Å². The number of nitrogens with two attached hydrogens (primary N) is 1. The van der Waals surface area contributed by atoms with Gasteiger partial charge in [-0.25, -0.2) is 0 Å². The average Bonchev–Trinajstić information content (AvgIpc) is 3.17. The fraction of sp³-hybridized carbons (Fsp3) is 0.500. The number of hydrogen-bond donors (Lipinski definition) is 1. The molecule has 1 aliphatic carbocycles. The van der Waals surface area contributed by atoms with Gasteiger partial charge >= 0.3 is 0 Å². The van der Waals surface area contributed by atoms with Gasteiger partial charge in [0.05, 0.1) is 5.69 Å². The number of hydrogen-bond acceptors (Lipinski definition) is 6. The Hall–Kier alpha value is -1.79. The molecule has 0 aliphatic heterocycles. The van der Waals surface area contributed by atoms with Gasteiger partial charge in [0.1, 0.15) is 5.60 Å². The monoisotopic (exact) mass is 274 g/mol. The standard InChI is InChI=1S/C14H18N4O2/c1-19-14(5-2-3-6-14)13-17-12(20-18-13)10-4-7-16-11(8-10)9-15/h4,7-8H,2-3,5-6,9,15H2,1H3. The second-order valence-corrected chi connectivity index (χ2v) is 5.07. The molecule has 0 amide bonds. The first-order valence-electron chi connectivity index (χ1n) is 6.82. The number of rotatable bonds is 4. The highest BCUT2D eigenvalue weighted by Gasteiger charge is 2.40. The van der Waals surface area contributed by atoms with Crippen molar-refractivity contribution < 1.29 is 9.26 Å². The Morgan fingerprint density at radius 3 is 2.90 bits per heavy atom. The Morgan fingerprint density at radius 1 is 1.40 bits per heavy atom. The lowest BCUT2D eigenvalue weighted by molar-refractivity contribution is -0.0178. The van der Waals surface area contributed by atoms with Gasteiger partial charge in [-0.3, -0.25) is 4.98 Å². The number of pyridine rings is 1. The van der Waals surface area contributed by atoms with Crippen LogP contribution in [0.1, 0.15) is 37.2 Å². The molecule has 0 atom stereocenters. The van der Waals surface area contributed by atoms with Crippen molar-refractivity contribution in [2.45, 2.75) is 37.8 Å². The first kappa shape index (κ1) is 13.2. The predicted molar refractivity (Wildman–Crippen MR) is 72.6 cm³/mol. The van der Waals surface area contributed by atoms with Crippen LogP contribution < -0.4 is 5.73 Å². The Labute approximate surface area is 117 Å². The highest BCUT2D eigenvalue weighted by Crippen LogP contribution is 2.40. The minimum Gasteiger partial charge on any atom is -0.370 e. The topological polar surface area (TPSA) is 87.1 Å². The van der Waals surface area contributed by atoms with E-state index >= 15 is 0 Å². The van der Waals surface area contributed by atoms with Crippen molar-refractivity contribution >= 4 is 0 Å². The van der Waals surface area contributed by atoms with E-state index in [-0.39, 0.29) is 5.60 Å². The third-order valence-corrected chi connectivity index (χ3v) is 3.91. The van der Waals surface area contributed by atoms with Gasteiger partial charge < -0.3 is 15.0 Å². The van der Waals surface area contributed by atoms with E-state index in [1.54, 1.807) is 13.3 Å². The van der Waals surface area contributed by atoms with Gasteiger partial charge in [-0.15, -0.1) is 0 Å². The Kier molecular flexibility index (Phi) is 3.50. The molecule has 2 aromatic heterocycles. The number of aromatic nitrogens is 3. The number of ether oxygens (including phenoxy) is 1. The number of nitrogens with zero attached hydrogens (tertiary/aromatic N) is 3. The summed E-state index contributed by atoms with van der Waals surface area (Å²) < 4.78 is 11.0. The van der Waals surface area contributed by atoms with Crippen LogP contribution >= 0.6 is 0 Å². The normalized spacial score (nSPS) is 17.5. The largest absolute Gasteiger partial charge is 0.370 e. The molecular formula is C14H18N4O2. The fourth-order valence-corrected chi connectivity index (χ4v) is 2.71. The van der Waals surface area contributed by atoms with Crippen molar-refractivity contribution in [3.8, 4) is 11.5 Å². The molecule has 0 aromatic carbocycles. The van der Waals surface area contributed by atoms with Gasteiger partial charge in [0.15, 0.2) is 0 Å². The molecule has 20 heavy (non-hydrogen) atoms. The van der Waals surface area contributed by atoms with Crippen molar-refractivity contribution in [1.82, 2.24) is 15.1 Å². The van der Waals surface area contributed by atoms with Gasteiger partial charge in [0.2, 0.25) is 5.82 Å². The Morgan fingerprint density at radius 2 is 2.20 bits per heavy atom. The summed E-state index contributed by atoms with van der Waals surface area (Å²) in [5.41, 5.74) is 6.84. The Bertz CT molecular complexity index is 590. The summed E-state index contributed by atoms with van der Waals surface area (Å²) in [5, 5.41) is 4.11. The maximum Gasteiger partial charge on any atom is 0.258 e. The molecule has 0 radical (unpaired) electrons. The van der Waals surface area contributed by atoms with Crippen LogP contribution in [0.5, 0.6) is 0 Å². The van der Waals surface area contributed by atoms with Crippen LogP contribution in [0.2, 0.25) is 0 Å². The molecule has 6 nitrogen and oxygen atoms in total. The molecule has 1 aliphatic rings. The van der Waals surface area contributed by atoms with E-state index < -0.39 is 0 Å². The van der Waals surface area contributed by atoms with E-state index in [2.05, 4.69) is 15.1 Å². The Balaban J connectivity index is 1.93. The quantitative estimate of drug-likeness (QED) is 0.917. The first-order valence-corrected chi connectivity index (χ1v) is 6.82. The molecule has 1 saturated carbocycles. The van der Waals surface area contributed by atoms with Gasteiger partial charge in [-0.2, -0.15) is 4.98 Å². The van der Waals surface area contributed by atoms with Crippen LogP contribution in [0.4, 0.5) is 0 Å². The van der Waals surface area contributed by atoms with Crippen LogP contribution in [0.25, 0.3) is 11.5 Å². The van der Waals surface area contributed by atoms with Crippen LogP contribution in [0.3, 0.4) is 0 Å². The SMILES string of the molecule is COC1(c2noc(-c3ccnc(CN)c3)n2)CCCC1. The van der Waals surface area contributed by atoms with Crippen molar-refractivity contribution in [2.24, 2.45) is 5.73 Å². The van der Waals surface area contributed by atoms with Gasteiger partial charge in [-0.05, 0) is 37.8 Å². The van der Waals surface area contributed by atoms with Crippen LogP contribution in [-0.4, -0.2) is 22.2 Å². The molecule has 0 spiro atoms. The van der Waals surface area contributed by atoms with Gasteiger partial charge in [0, 0.05) is 25.4 Å². The van der Waals surface area contributed by atoms with Crippen LogP contribution in [-0.2, 0) is 16.9 Å². The molecule has 2 heterocycles. The second-order valence-electron chi connectivity index (χ2n) is 5.07. The van der Waals surface area contributed by atoms with E-state index in [9.17, 15) is 0 Å². The molecule has 2 N–H and O–H groups in total. The average molecular weight is 274 g/mol. The third kappa shape index (κ3) is 2.21. The van der Waals surface area contributed by atoms with E-state index in [0.29, 0.717) is 18.3 Å². The summed E-state index contributed by atoms with van der Waals surface area (Å²) in [6, 6.07) is 3.70. The van der Waals surface area contributed by atoms with Crippen molar-refractivity contribution in [2.75, 3.05) is 7.11 Å². The fourth-order valence-electron chi connectivity index (χ4n) is 2.71. The maximum absolute atomic E-state index is 5.66. The lowest BCUT2D eigenvalue weighted by Crippen LogP contribution is -2.25. The zero-order chi connectivity index (χ0) is 14.0. The van der Waals surface area contributed by atoms with E-state index in [1.807, 2.05) is 12.1 Å². The van der Waals surface area contributed by atoms with Crippen molar-refractivity contribution in [1.29, 1.82) is 0 Å². The first-order chi connectivity index (χ1) is 9.77. The van der Waals surface area contributed by atoms with E-state index in [4.69, 9.17) is 15.0 Å². The van der Waals surface area contributed by atoms with E-state index in [1.165, 1.54) is 0 Å². The molecular weight excluding hydrogens is 256 g/mol. The van der Waals surface area contributed by atoms with Gasteiger partial charge in [-0.1, -0.05) is 5.16 Å². The lowest BCUT2D eigenvalue weighted by Gasteiger charge is -2.22. The highest BCUT2D eigenvalue weighted by molar-refractivity contribution is 5.52. The minimum atomic E-state index is -0.383. The van der Waals surface area contributed by atoms with E-state index in [0.717, 1.165) is 36.9 Å². The second kappa shape index (κ2) is 5.30. The minimum absolute atomic E-state index is 0.383. The molecule has 0 unspecified atom stereocenters. The maximum atomic E-state index is 5.66.